The maximum absolute atomic E-state index is 13.6. The van der Waals surface area contributed by atoms with E-state index in [0.29, 0.717) is 29.6 Å². The van der Waals surface area contributed by atoms with Gasteiger partial charge in [0, 0.05) is 29.7 Å². The summed E-state index contributed by atoms with van der Waals surface area (Å²) in [5, 5.41) is 16.1. The van der Waals surface area contributed by atoms with Gasteiger partial charge in [0.15, 0.2) is 11.5 Å². The number of aromatic nitrogens is 6. The SMILES string of the molecule is Cc1cc(N2C[C@H]3C[C@H]3C2=O)ncc1C(C)n1cc(C(=O)N[C@H]2C[C@@H](c3cc(Cl)ccc3-n3cc(F)cn3)C2)nn1. The number of halogens is 2. The van der Waals surface area contributed by atoms with Crippen molar-refractivity contribution in [3.63, 3.8) is 0 Å². The molecule has 12 heteroatoms. The number of fused-ring (bicyclic) bond motifs is 1. The predicted molar refractivity (Wildman–Crippen MR) is 149 cm³/mol. The molecule has 2 saturated carbocycles. The zero-order valence-corrected chi connectivity index (χ0v) is 23.3. The molecular formula is C29H28ClFN8O2. The van der Waals surface area contributed by atoms with Gasteiger partial charge in [0.05, 0.1) is 30.3 Å². The Morgan fingerprint density at radius 3 is 2.71 bits per heavy atom. The van der Waals surface area contributed by atoms with Gasteiger partial charge in [-0.15, -0.1) is 5.10 Å². The van der Waals surface area contributed by atoms with Crippen LogP contribution in [0.15, 0.2) is 49.1 Å². The minimum Gasteiger partial charge on any atom is -0.348 e. The first-order chi connectivity index (χ1) is 19.7. The van der Waals surface area contributed by atoms with Crippen LogP contribution in [-0.2, 0) is 4.79 Å². The Morgan fingerprint density at radius 2 is 2.00 bits per heavy atom. The average molecular weight is 575 g/mol. The zero-order chi connectivity index (χ0) is 28.4. The second-order valence-corrected chi connectivity index (χ2v) is 11.8. The van der Waals surface area contributed by atoms with Crippen LogP contribution in [0.5, 0.6) is 0 Å². The standard InChI is InChI=1S/C29H28ClFN8O2/c1-15-5-27(37-12-18-8-23(18)29(37)41)32-11-24(15)16(2)38-14-25(35-36-38)28(40)34-21-6-17(7-21)22-9-19(30)3-4-26(22)39-13-20(31)10-33-39/h3-5,9-11,13-14,16-18,21,23H,6-8,12H2,1-2H3,(H,34,40)/t16?,17-,18-,21+,23-/m1/s1. The summed E-state index contributed by atoms with van der Waals surface area (Å²) in [5.41, 5.74) is 3.91. The molecule has 0 spiro atoms. The molecule has 4 heterocycles. The summed E-state index contributed by atoms with van der Waals surface area (Å²) in [6.45, 7) is 4.71. The summed E-state index contributed by atoms with van der Waals surface area (Å²) < 4.78 is 16.7. The molecule has 2 amide bonds. The van der Waals surface area contributed by atoms with Crippen molar-refractivity contribution >= 4 is 29.2 Å². The third kappa shape index (κ3) is 4.67. The Hall–Kier alpha value is -4.12. The number of piperidine rings is 1. The number of carbonyl (C=O) groups excluding carboxylic acids is 2. The third-order valence-corrected chi connectivity index (χ3v) is 8.86. The molecule has 1 aliphatic heterocycles. The van der Waals surface area contributed by atoms with Crippen molar-refractivity contribution < 1.29 is 14.0 Å². The van der Waals surface area contributed by atoms with Crippen LogP contribution >= 0.6 is 11.6 Å². The molecule has 7 rings (SSSR count). The van der Waals surface area contributed by atoms with E-state index in [4.69, 9.17) is 11.6 Å². The number of hydrogen-bond acceptors (Lipinski definition) is 6. The third-order valence-electron chi connectivity index (χ3n) is 8.63. The highest BCUT2D eigenvalue weighted by Gasteiger charge is 2.52. The number of pyridine rings is 1. The summed E-state index contributed by atoms with van der Waals surface area (Å²) in [4.78, 5) is 31.8. The van der Waals surface area contributed by atoms with E-state index in [0.717, 1.165) is 35.3 Å². The van der Waals surface area contributed by atoms with Gasteiger partial charge in [0.1, 0.15) is 5.82 Å². The van der Waals surface area contributed by atoms with Crippen molar-refractivity contribution in [1.29, 1.82) is 0 Å². The van der Waals surface area contributed by atoms with Gasteiger partial charge in [0.2, 0.25) is 5.91 Å². The molecule has 10 nitrogen and oxygen atoms in total. The maximum Gasteiger partial charge on any atom is 0.273 e. The minimum atomic E-state index is -0.412. The van der Waals surface area contributed by atoms with E-state index in [2.05, 4.69) is 25.7 Å². The molecule has 1 saturated heterocycles. The summed E-state index contributed by atoms with van der Waals surface area (Å²) in [6, 6.07) is 7.17. The molecular weight excluding hydrogens is 547 g/mol. The van der Waals surface area contributed by atoms with Gasteiger partial charge in [-0.3, -0.25) is 14.5 Å². The van der Waals surface area contributed by atoms with Crippen LogP contribution in [0.2, 0.25) is 5.02 Å². The van der Waals surface area contributed by atoms with Gasteiger partial charge < -0.3 is 5.32 Å². The Bertz CT molecular complexity index is 1680. The van der Waals surface area contributed by atoms with Gasteiger partial charge >= 0.3 is 0 Å². The second kappa shape index (κ2) is 9.76. The van der Waals surface area contributed by atoms with Crippen molar-refractivity contribution in [1.82, 2.24) is 35.1 Å². The number of anilines is 1. The lowest BCUT2D eigenvalue weighted by Gasteiger charge is -2.37. The predicted octanol–water partition coefficient (Wildman–Crippen LogP) is 4.23. The van der Waals surface area contributed by atoms with E-state index in [1.807, 2.05) is 32.0 Å². The maximum atomic E-state index is 13.6. The quantitative estimate of drug-likeness (QED) is 0.354. The van der Waals surface area contributed by atoms with Crippen LogP contribution in [0, 0.1) is 24.6 Å². The lowest BCUT2D eigenvalue weighted by atomic mass is 9.75. The molecule has 4 aromatic rings. The molecule has 2 aliphatic carbocycles. The highest BCUT2D eigenvalue weighted by molar-refractivity contribution is 6.30. The van der Waals surface area contributed by atoms with E-state index in [9.17, 15) is 14.0 Å². The molecule has 1 aromatic carbocycles. The highest BCUT2D eigenvalue weighted by Crippen LogP contribution is 2.47. The number of benzene rings is 1. The number of nitrogens with one attached hydrogen (secondary N) is 1. The fourth-order valence-corrected chi connectivity index (χ4v) is 6.26. The lowest BCUT2D eigenvalue weighted by molar-refractivity contribution is -0.118. The molecule has 0 radical (unpaired) electrons. The zero-order valence-electron chi connectivity index (χ0n) is 22.5. The van der Waals surface area contributed by atoms with E-state index in [1.165, 1.54) is 17.1 Å². The van der Waals surface area contributed by atoms with E-state index in [1.54, 1.807) is 28.0 Å². The first-order valence-corrected chi connectivity index (χ1v) is 14.1. The molecule has 210 valence electrons. The fraction of sp³-hybridized carbons (Fsp3) is 0.379. The molecule has 1 unspecified atom stereocenters. The Labute approximate surface area is 240 Å². The number of nitrogens with zero attached hydrogens (tertiary/aromatic N) is 7. The lowest BCUT2D eigenvalue weighted by Crippen LogP contribution is -2.43. The minimum absolute atomic E-state index is 0.0328. The topological polar surface area (TPSA) is 111 Å². The first-order valence-electron chi connectivity index (χ1n) is 13.8. The molecule has 3 fully saturated rings. The van der Waals surface area contributed by atoms with Gasteiger partial charge in [-0.1, -0.05) is 16.8 Å². The smallest absolute Gasteiger partial charge is 0.273 e. The molecule has 3 atom stereocenters. The number of hydrogen-bond donors (Lipinski definition) is 1. The molecule has 3 aliphatic rings. The number of amides is 2. The van der Waals surface area contributed by atoms with Crippen molar-refractivity contribution in [2.24, 2.45) is 11.8 Å². The van der Waals surface area contributed by atoms with Crippen molar-refractivity contribution in [3.05, 3.63) is 82.3 Å². The van der Waals surface area contributed by atoms with Gasteiger partial charge in [-0.05, 0) is 85.9 Å². The van der Waals surface area contributed by atoms with E-state index in [-0.39, 0.29) is 41.4 Å². The number of aryl methyl sites for hydroxylation is 1. The second-order valence-electron chi connectivity index (χ2n) is 11.4. The van der Waals surface area contributed by atoms with Crippen LogP contribution in [0.1, 0.15) is 65.3 Å². The summed E-state index contributed by atoms with van der Waals surface area (Å²) >= 11 is 6.26. The summed E-state index contributed by atoms with van der Waals surface area (Å²) in [5.74, 6) is 0.981. The van der Waals surface area contributed by atoms with Crippen LogP contribution in [0.3, 0.4) is 0 Å². The average Bonchev–Trinajstić information content (AvgIpc) is 3.22. The molecule has 1 N–H and O–H groups in total. The van der Waals surface area contributed by atoms with Gasteiger partial charge in [0.25, 0.3) is 5.91 Å². The monoisotopic (exact) mass is 574 g/mol. The van der Waals surface area contributed by atoms with E-state index >= 15 is 0 Å². The molecule has 41 heavy (non-hydrogen) atoms. The van der Waals surface area contributed by atoms with Crippen molar-refractivity contribution in [2.45, 2.75) is 51.1 Å². The van der Waals surface area contributed by atoms with Gasteiger partial charge in [-0.25, -0.2) is 18.7 Å². The Balaban J connectivity index is 0.989. The molecule has 3 aromatic heterocycles. The van der Waals surface area contributed by atoms with Crippen molar-refractivity contribution in [2.75, 3.05) is 11.4 Å². The van der Waals surface area contributed by atoms with Crippen LogP contribution in [-0.4, -0.2) is 54.2 Å². The fourth-order valence-electron chi connectivity index (χ4n) is 6.07. The number of carbonyl (C=O) groups is 2. The molecule has 0 bridgehead atoms. The summed E-state index contributed by atoms with van der Waals surface area (Å²) in [7, 11) is 0. The van der Waals surface area contributed by atoms with Crippen LogP contribution in [0.4, 0.5) is 10.2 Å². The van der Waals surface area contributed by atoms with Crippen LogP contribution in [0.25, 0.3) is 5.69 Å². The first kappa shape index (κ1) is 25.8. The van der Waals surface area contributed by atoms with Crippen LogP contribution < -0.4 is 10.2 Å². The summed E-state index contributed by atoms with van der Waals surface area (Å²) in [6.07, 6.45) is 8.35. The van der Waals surface area contributed by atoms with Crippen molar-refractivity contribution in [3.8, 4) is 5.69 Å². The Kier molecular flexibility index (Phi) is 6.15. The Morgan fingerprint density at radius 1 is 1.17 bits per heavy atom. The largest absolute Gasteiger partial charge is 0.348 e. The van der Waals surface area contributed by atoms with E-state index < -0.39 is 5.82 Å². The number of rotatable bonds is 7. The van der Waals surface area contributed by atoms with Gasteiger partial charge in [-0.2, -0.15) is 5.10 Å². The normalized spacial score (nSPS) is 23.7. The highest BCUT2D eigenvalue weighted by atomic mass is 35.5.